The van der Waals surface area contributed by atoms with Gasteiger partial charge in [0.05, 0.1) is 0 Å². The zero-order chi connectivity index (χ0) is 31.3. The molecule has 0 heterocycles. The van der Waals surface area contributed by atoms with E-state index in [1.54, 1.807) is 49.7 Å². The van der Waals surface area contributed by atoms with Crippen LogP contribution in [0.15, 0.2) is 109 Å². The van der Waals surface area contributed by atoms with Crippen molar-refractivity contribution in [3.63, 3.8) is 0 Å². The minimum atomic E-state index is 0.583. The van der Waals surface area contributed by atoms with Crippen LogP contribution < -0.4 is 0 Å². The molecule has 244 valence electrons. The van der Waals surface area contributed by atoms with Gasteiger partial charge in [0.15, 0.2) is 0 Å². The molecule has 0 radical (unpaired) electrons. The Morgan fingerprint density at radius 3 is 1.10 bits per heavy atom. The summed E-state index contributed by atoms with van der Waals surface area (Å²) in [4.78, 5) is 0. The van der Waals surface area contributed by atoms with Crippen LogP contribution in [0.25, 0.3) is 22.3 Å². The molecule has 0 nitrogen and oxygen atoms in total. The summed E-state index contributed by atoms with van der Waals surface area (Å²) in [7, 11) is 0. The van der Waals surface area contributed by atoms with Crippen molar-refractivity contribution in [1.82, 2.24) is 0 Å². The van der Waals surface area contributed by atoms with Crippen LogP contribution in [0.5, 0.6) is 0 Å². The summed E-state index contributed by atoms with van der Waals surface area (Å²) in [6.45, 7) is 0. The maximum Gasteiger partial charge on any atom is -0.00528 e. The predicted octanol–water partition coefficient (Wildman–Crippen LogP) is 12.3. The first-order chi connectivity index (χ1) is 23.8. The van der Waals surface area contributed by atoms with Crippen molar-refractivity contribution in [3.05, 3.63) is 120 Å². The summed E-state index contributed by atoms with van der Waals surface area (Å²) < 4.78 is 0. The molecular weight excluding hydrogens is 577 g/mol. The van der Waals surface area contributed by atoms with Gasteiger partial charge in [-0.2, -0.15) is 0 Å². The fraction of sp³-hybridized carbons (Fsp3) is 0.500. The average Bonchev–Trinajstić information content (AvgIpc) is 3.74. The molecule has 7 fully saturated rings. The molecular formula is C48H52. The highest BCUT2D eigenvalue weighted by Gasteiger charge is 2.67. The minimum absolute atomic E-state index is 0.583. The van der Waals surface area contributed by atoms with Crippen LogP contribution in [0.3, 0.4) is 0 Å². The molecule has 0 spiro atoms. The molecule has 10 unspecified atom stereocenters. The van der Waals surface area contributed by atoms with Crippen molar-refractivity contribution >= 4 is 0 Å². The topological polar surface area (TPSA) is 0 Å². The van der Waals surface area contributed by atoms with Gasteiger partial charge in [-0.25, -0.2) is 0 Å². The fourth-order valence-corrected chi connectivity index (χ4v) is 15.5. The first kappa shape index (κ1) is 28.7. The average molecular weight is 629 g/mol. The van der Waals surface area contributed by atoms with Crippen molar-refractivity contribution in [2.75, 3.05) is 0 Å². The van der Waals surface area contributed by atoms with Gasteiger partial charge in [-0.1, -0.05) is 109 Å². The molecule has 0 aliphatic heterocycles. The molecule has 48 heavy (non-hydrogen) atoms. The Hall–Kier alpha value is -3.12. The van der Waals surface area contributed by atoms with Crippen LogP contribution in [-0.2, 0) is 0 Å². The van der Waals surface area contributed by atoms with E-state index >= 15 is 0 Å². The lowest BCUT2D eigenvalue weighted by Crippen LogP contribution is -2.59. The summed E-state index contributed by atoms with van der Waals surface area (Å²) >= 11 is 0. The highest BCUT2D eigenvalue weighted by molar-refractivity contribution is 5.71. The van der Waals surface area contributed by atoms with Crippen LogP contribution in [0.2, 0.25) is 0 Å². The molecule has 0 N–H and O–H groups in total. The first-order valence-electron chi connectivity index (χ1n) is 20.1. The summed E-state index contributed by atoms with van der Waals surface area (Å²) in [6, 6.07) is 42.1. The molecule has 7 saturated carbocycles. The van der Waals surface area contributed by atoms with E-state index in [0.717, 1.165) is 71.0 Å². The molecule has 0 amide bonds. The van der Waals surface area contributed by atoms with Crippen molar-refractivity contribution < 1.29 is 0 Å². The molecule has 7 aliphatic rings. The van der Waals surface area contributed by atoms with Crippen molar-refractivity contribution in [1.29, 1.82) is 0 Å². The van der Waals surface area contributed by atoms with Gasteiger partial charge < -0.3 is 0 Å². The van der Waals surface area contributed by atoms with Crippen LogP contribution in [0, 0.1) is 71.0 Å². The standard InChI is InChI=1S/C48H52/c1-3-11-29(12-4-1)33-15-7-9-17-35(33)46-41-27-25-39-37-23-21-31-19-20-32-22-24-38(44(37)43(31)32)40-26-28-42(48(41)45(39)40)47(46)36-18-10-8-16-34(36)30-13-5-2-6-14-30/h1-18,31-32,37-48H,19-28H2. The van der Waals surface area contributed by atoms with Crippen LogP contribution in [0.4, 0.5) is 0 Å². The van der Waals surface area contributed by atoms with Gasteiger partial charge in [0.2, 0.25) is 0 Å². The third-order valence-electron chi connectivity index (χ3n) is 16.5. The third-order valence-corrected chi connectivity index (χ3v) is 16.5. The van der Waals surface area contributed by atoms with E-state index in [9.17, 15) is 0 Å². The Bertz CT molecular complexity index is 1660. The SMILES string of the molecule is c1ccc(-c2ccccc2C2C3CCC4C5CCC6CCC7CCC(C8CCC(C2c2ccccc2-c2ccccc2)C3C48)C5C67)cc1. The normalized spacial score (nSPS) is 41.8. The molecule has 0 saturated heterocycles. The molecule has 0 bridgehead atoms. The van der Waals surface area contributed by atoms with Gasteiger partial charge in [-0.05, 0) is 180 Å². The summed E-state index contributed by atoms with van der Waals surface area (Å²) in [6.07, 6.45) is 15.4. The Balaban J connectivity index is 1.07. The molecule has 7 aliphatic carbocycles. The highest BCUT2D eigenvalue weighted by atomic mass is 14.7. The first-order valence-corrected chi connectivity index (χ1v) is 20.1. The van der Waals surface area contributed by atoms with Gasteiger partial charge in [-0.15, -0.1) is 0 Å². The van der Waals surface area contributed by atoms with E-state index in [2.05, 4.69) is 109 Å². The largest absolute Gasteiger partial charge is 0.0622 e. The monoisotopic (exact) mass is 628 g/mol. The maximum absolute atomic E-state index is 2.56. The fourth-order valence-electron chi connectivity index (χ4n) is 15.5. The smallest absolute Gasteiger partial charge is 0.00528 e. The number of benzene rings is 4. The van der Waals surface area contributed by atoms with Gasteiger partial charge in [0.25, 0.3) is 0 Å². The van der Waals surface area contributed by atoms with Gasteiger partial charge in [-0.3, -0.25) is 0 Å². The lowest BCUT2D eigenvalue weighted by atomic mass is 9.40. The summed E-state index contributed by atoms with van der Waals surface area (Å²) in [5.74, 6) is 13.1. The second-order valence-electron chi connectivity index (χ2n) is 17.7. The Labute approximate surface area is 288 Å². The zero-order valence-electron chi connectivity index (χ0n) is 28.5. The number of rotatable bonds is 4. The molecule has 10 atom stereocenters. The summed E-state index contributed by atoms with van der Waals surface area (Å²) in [5.41, 5.74) is 9.07. The van der Waals surface area contributed by atoms with Gasteiger partial charge in [0, 0.05) is 0 Å². The molecule has 4 aromatic carbocycles. The Kier molecular flexibility index (Phi) is 6.69. The Morgan fingerprint density at radius 1 is 0.292 bits per heavy atom. The second kappa shape index (κ2) is 11.2. The third kappa shape index (κ3) is 4.07. The highest BCUT2D eigenvalue weighted by Crippen LogP contribution is 2.74. The van der Waals surface area contributed by atoms with Crippen molar-refractivity contribution in [3.8, 4) is 22.3 Å². The van der Waals surface area contributed by atoms with Crippen LogP contribution >= 0.6 is 0 Å². The number of hydrogen-bond donors (Lipinski definition) is 0. The quantitative estimate of drug-likeness (QED) is 0.211. The Morgan fingerprint density at radius 2 is 0.625 bits per heavy atom. The van der Waals surface area contributed by atoms with Crippen molar-refractivity contribution in [2.45, 2.75) is 76.0 Å². The zero-order valence-corrected chi connectivity index (χ0v) is 28.5. The molecule has 4 aromatic rings. The van der Waals surface area contributed by atoms with E-state index in [1.807, 2.05) is 0 Å². The van der Waals surface area contributed by atoms with Gasteiger partial charge >= 0.3 is 0 Å². The number of hydrogen-bond acceptors (Lipinski definition) is 0. The summed E-state index contributed by atoms with van der Waals surface area (Å²) in [5, 5.41) is 0. The molecule has 0 heteroatoms. The molecule has 0 aromatic heterocycles. The van der Waals surface area contributed by atoms with E-state index in [4.69, 9.17) is 0 Å². The van der Waals surface area contributed by atoms with E-state index in [-0.39, 0.29) is 0 Å². The van der Waals surface area contributed by atoms with Crippen LogP contribution in [-0.4, -0.2) is 0 Å². The molecule has 11 rings (SSSR count). The minimum Gasteiger partial charge on any atom is -0.0622 e. The number of fused-ring (bicyclic) bond motifs is 2. The predicted molar refractivity (Wildman–Crippen MR) is 197 cm³/mol. The van der Waals surface area contributed by atoms with E-state index in [0.29, 0.717) is 11.8 Å². The maximum atomic E-state index is 2.56. The lowest BCUT2D eigenvalue weighted by molar-refractivity contribution is -0.167. The second-order valence-corrected chi connectivity index (χ2v) is 17.7. The van der Waals surface area contributed by atoms with Gasteiger partial charge in [0.1, 0.15) is 0 Å². The van der Waals surface area contributed by atoms with E-state index in [1.165, 1.54) is 47.9 Å². The van der Waals surface area contributed by atoms with E-state index < -0.39 is 0 Å². The van der Waals surface area contributed by atoms with Crippen molar-refractivity contribution in [2.24, 2.45) is 71.0 Å². The lowest BCUT2D eigenvalue weighted by Gasteiger charge is -2.65. The van der Waals surface area contributed by atoms with Crippen LogP contribution in [0.1, 0.15) is 87.2 Å².